The summed E-state index contributed by atoms with van der Waals surface area (Å²) in [4.78, 5) is 5.19. The molecule has 0 atom stereocenters. The molecule has 3 rings (SSSR count). The molecule has 2 aromatic heterocycles. The van der Waals surface area contributed by atoms with Gasteiger partial charge in [-0.1, -0.05) is 23.4 Å². The van der Waals surface area contributed by atoms with Crippen molar-refractivity contribution >= 4 is 11.3 Å². The van der Waals surface area contributed by atoms with Gasteiger partial charge in [-0.3, -0.25) is 0 Å². The van der Waals surface area contributed by atoms with Gasteiger partial charge in [0.1, 0.15) is 11.8 Å². The van der Waals surface area contributed by atoms with Gasteiger partial charge < -0.3 is 9.26 Å². The molecule has 0 unspecified atom stereocenters. The second-order valence-electron chi connectivity index (χ2n) is 3.89. The second kappa shape index (κ2) is 5.55. The van der Waals surface area contributed by atoms with Crippen molar-refractivity contribution in [1.82, 2.24) is 10.1 Å². The summed E-state index contributed by atoms with van der Waals surface area (Å²) in [7, 11) is 0. The highest BCUT2D eigenvalue weighted by molar-refractivity contribution is 7.13. The lowest BCUT2D eigenvalue weighted by Gasteiger charge is -2.03. The first-order valence-electron chi connectivity index (χ1n) is 5.85. The maximum atomic E-state index is 8.96. The third kappa shape index (κ3) is 2.53. The fourth-order valence-electron chi connectivity index (χ4n) is 1.64. The molecule has 0 aliphatic heterocycles. The molecule has 0 spiro atoms. The lowest BCUT2D eigenvalue weighted by molar-refractivity contribution is 0.242. The molecule has 1 aromatic carbocycles. The van der Waals surface area contributed by atoms with Crippen molar-refractivity contribution in [1.29, 1.82) is 5.26 Å². The summed E-state index contributed by atoms with van der Waals surface area (Å²) in [6.07, 6.45) is 0. The number of benzene rings is 1. The standard InChI is InChI=1S/C14H9N3O2S/c15-8-10-4-1-2-5-11(10)18-9-13-16-14(17-19-13)12-6-3-7-20-12/h1-7H,9H2. The van der Waals surface area contributed by atoms with E-state index in [1.54, 1.807) is 35.6 Å². The zero-order valence-electron chi connectivity index (χ0n) is 10.3. The first-order chi connectivity index (χ1) is 9.86. The Hall–Kier alpha value is -2.65. The van der Waals surface area contributed by atoms with E-state index in [2.05, 4.69) is 16.2 Å². The Bertz CT molecular complexity index is 744. The predicted molar refractivity (Wildman–Crippen MR) is 73.1 cm³/mol. The fraction of sp³-hybridized carbons (Fsp3) is 0.0714. The van der Waals surface area contributed by atoms with Gasteiger partial charge in [-0.05, 0) is 23.6 Å². The van der Waals surface area contributed by atoms with Crippen LogP contribution in [-0.2, 0) is 6.61 Å². The van der Waals surface area contributed by atoms with Crippen molar-refractivity contribution in [2.45, 2.75) is 6.61 Å². The topological polar surface area (TPSA) is 71.9 Å². The quantitative estimate of drug-likeness (QED) is 0.735. The minimum Gasteiger partial charge on any atom is -0.482 e. The minimum atomic E-state index is 0.136. The Balaban J connectivity index is 1.72. The highest BCUT2D eigenvalue weighted by Gasteiger charge is 2.10. The lowest BCUT2D eigenvalue weighted by atomic mass is 10.2. The summed E-state index contributed by atoms with van der Waals surface area (Å²) in [5, 5.41) is 14.8. The highest BCUT2D eigenvalue weighted by Crippen LogP contribution is 2.22. The van der Waals surface area contributed by atoms with Gasteiger partial charge in [0.05, 0.1) is 10.4 Å². The van der Waals surface area contributed by atoms with Crippen LogP contribution in [0.4, 0.5) is 0 Å². The van der Waals surface area contributed by atoms with Crippen molar-refractivity contribution in [2.24, 2.45) is 0 Å². The zero-order valence-corrected chi connectivity index (χ0v) is 11.1. The molecule has 20 heavy (non-hydrogen) atoms. The van der Waals surface area contributed by atoms with E-state index < -0.39 is 0 Å². The van der Waals surface area contributed by atoms with E-state index in [0.717, 1.165) is 4.88 Å². The Morgan fingerprint density at radius 3 is 2.95 bits per heavy atom. The number of nitrogens with zero attached hydrogens (tertiary/aromatic N) is 3. The van der Waals surface area contributed by atoms with Gasteiger partial charge >= 0.3 is 0 Å². The van der Waals surface area contributed by atoms with E-state index in [1.165, 1.54) is 0 Å². The Morgan fingerprint density at radius 1 is 1.25 bits per heavy atom. The van der Waals surface area contributed by atoms with Crippen molar-refractivity contribution in [3.8, 4) is 22.5 Å². The molecule has 5 nitrogen and oxygen atoms in total. The largest absolute Gasteiger partial charge is 0.482 e. The molecule has 0 N–H and O–H groups in total. The summed E-state index contributed by atoms with van der Waals surface area (Å²) in [6, 6.07) is 12.9. The van der Waals surface area contributed by atoms with Gasteiger partial charge in [0.2, 0.25) is 5.82 Å². The number of para-hydroxylation sites is 1. The monoisotopic (exact) mass is 283 g/mol. The molecule has 0 aliphatic rings. The van der Waals surface area contributed by atoms with Crippen LogP contribution in [-0.4, -0.2) is 10.1 Å². The van der Waals surface area contributed by atoms with Crippen LogP contribution in [0.5, 0.6) is 5.75 Å². The number of thiophene rings is 1. The van der Waals surface area contributed by atoms with Crippen LogP contribution in [0.2, 0.25) is 0 Å². The number of rotatable bonds is 4. The molecular weight excluding hydrogens is 274 g/mol. The predicted octanol–water partition coefficient (Wildman–Crippen LogP) is 3.25. The van der Waals surface area contributed by atoms with Gasteiger partial charge in [-0.15, -0.1) is 11.3 Å². The van der Waals surface area contributed by atoms with Crippen LogP contribution < -0.4 is 4.74 Å². The van der Waals surface area contributed by atoms with Crippen LogP contribution in [0.25, 0.3) is 10.7 Å². The van der Waals surface area contributed by atoms with Crippen LogP contribution in [0.1, 0.15) is 11.5 Å². The Kier molecular flexibility index (Phi) is 3.44. The van der Waals surface area contributed by atoms with E-state index in [1.807, 2.05) is 17.5 Å². The molecule has 0 saturated carbocycles. The molecule has 0 fully saturated rings. The van der Waals surface area contributed by atoms with Crippen LogP contribution in [0.15, 0.2) is 46.3 Å². The maximum absolute atomic E-state index is 8.96. The van der Waals surface area contributed by atoms with Crippen molar-refractivity contribution in [2.75, 3.05) is 0 Å². The van der Waals surface area contributed by atoms with Gasteiger partial charge in [0.15, 0.2) is 6.61 Å². The van der Waals surface area contributed by atoms with Gasteiger partial charge in [-0.25, -0.2) is 0 Å². The van der Waals surface area contributed by atoms with Gasteiger partial charge in [0.25, 0.3) is 5.89 Å². The van der Waals surface area contributed by atoms with E-state index >= 15 is 0 Å². The molecule has 0 radical (unpaired) electrons. The fourth-order valence-corrected chi connectivity index (χ4v) is 2.29. The van der Waals surface area contributed by atoms with Crippen LogP contribution in [0.3, 0.4) is 0 Å². The third-order valence-corrected chi connectivity index (χ3v) is 3.43. The molecule has 0 bridgehead atoms. The van der Waals surface area contributed by atoms with E-state index in [0.29, 0.717) is 23.0 Å². The van der Waals surface area contributed by atoms with E-state index in [9.17, 15) is 0 Å². The number of hydrogen-bond donors (Lipinski definition) is 0. The molecule has 0 saturated heterocycles. The maximum Gasteiger partial charge on any atom is 0.264 e. The lowest BCUT2D eigenvalue weighted by Crippen LogP contribution is -1.97. The SMILES string of the molecule is N#Cc1ccccc1OCc1nc(-c2cccs2)no1. The average molecular weight is 283 g/mol. The molecular formula is C14H9N3O2S. The number of aromatic nitrogens is 2. The molecule has 98 valence electrons. The summed E-state index contributed by atoms with van der Waals surface area (Å²) in [6.45, 7) is 0.136. The van der Waals surface area contributed by atoms with Gasteiger partial charge in [0, 0.05) is 0 Å². The first-order valence-corrected chi connectivity index (χ1v) is 6.73. The van der Waals surface area contributed by atoms with Crippen LogP contribution in [0, 0.1) is 11.3 Å². The van der Waals surface area contributed by atoms with E-state index in [4.69, 9.17) is 14.5 Å². The minimum absolute atomic E-state index is 0.136. The molecule has 0 amide bonds. The van der Waals surface area contributed by atoms with Crippen molar-refractivity contribution in [3.05, 3.63) is 53.2 Å². The summed E-state index contributed by atoms with van der Waals surface area (Å²) in [5.74, 6) is 1.43. The Labute approximate surface area is 119 Å². The second-order valence-corrected chi connectivity index (χ2v) is 4.83. The Morgan fingerprint density at radius 2 is 2.15 bits per heavy atom. The highest BCUT2D eigenvalue weighted by atomic mass is 32.1. The number of ether oxygens (including phenoxy) is 1. The average Bonchev–Trinajstić information content (AvgIpc) is 3.16. The number of hydrogen-bond acceptors (Lipinski definition) is 6. The summed E-state index contributed by atoms with van der Waals surface area (Å²) in [5.41, 5.74) is 0.477. The first kappa shape index (κ1) is 12.4. The van der Waals surface area contributed by atoms with Crippen molar-refractivity contribution < 1.29 is 9.26 Å². The molecule has 3 aromatic rings. The van der Waals surface area contributed by atoms with Gasteiger partial charge in [-0.2, -0.15) is 10.2 Å². The third-order valence-electron chi connectivity index (χ3n) is 2.57. The molecule has 0 aliphatic carbocycles. The summed E-state index contributed by atoms with van der Waals surface area (Å²) >= 11 is 1.54. The summed E-state index contributed by atoms with van der Waals surface area (Å²) < 4.78 is 10.7. The smallest absolute Gasteiger partial charge is 0.264 e. The molecule has 2 heterocycles. The zero-order chi connectivity index (χ0) is 13.8. The molecule has 6 heteroatoms. The van der Waals surface area contributed by atoms with Crippen molar-refractivity contribution in [3.63, 3.8) is 0 Å². The number of nitriles is 1. The van der Waals surface area contributed by atoms with Crippen LogP contribution >= 0.6 is 11.3 Å². The van der Waals surface area contributed by atoms with E-state index in [-0.39, 0.29) is 6.61 Å². The normalized spacial score (nSPS) is 10.2.